The molecule has 1 aliphatic heterocycles. The lowest BCUT2D eigenvalue weighted by Gasteiger charge is -2.12. The minimum absolute atomic E-state index is 0.0305. The number of carbonyl (C=O) groups excluding carboxylic acids is 1. The molecule has 1 amide bonds. The Morgan fingerprint density at radius 2 is 1.86 bits per heavy atom. The molecule has 0 saturated carbocycles. The first-order valence-corrected chi connectivity index (χ1v) is 10.3. The first kappa shape index (κ1) is 18.6. The molecule has 0 saturated heterocycles. The van der Waals surface area contributed by atoms with E-state index in [1.54, 1.807) is 0 Å². The van der Waals surface area contributed by atoms with Crippen molar-refractivity contribution in [2.45, 2.75) is 32.2 Å². The molecule has 1 aromatic heterocycles. The third-order valence-electron chi connectivity index (χ3n) is 4.81. The number of para-hydroxylation sites is 1. The van der Waals surface area contributed by atoms with Crippen LogP contribution in [-0.4, -0.2) is 23.4 Å². The van der Waals surface area contributed by atoms with Crippen LogP contribution in [-0.2, 0) is 11.2 Å². The Kier molecular flexibility index (Phi) is 5.13. The van der Waals surface area contributed by atoms with Crippen molar-refractivity contribution < 1.29 is 14.3 Å². The highest BCUT2D eigenvalue weighted by Crippen LogP contribution is 2.37. The fourth-order valence-corrected chi connectivity index (χ4v) is 4.18. The summed E-state index contributed by atoms with van der Waals surface area (Å²) in [6, 6.07) is 12.0. The quantitative estimate of drug-likeness (QED) is 0.626. The second-order valence-corrected chi connectivity index (χ2v) is 7.77. The minimum Gasteiger partial charge on any atom is -0.454 e. The highest BCUT2D eigenvalue weighted by molar-refractivity contribution is 8.00. The van der Waals surface area contributed by atoms with Gasteiger partial charge in [0.15, 0.2) is 11.5 Å². The molecule has 0 radical (unpaired) electrons. The number of benzene rings is 2. The van der Waals surface area contributed by atoms with Crippen molar-refractivity contribution in [1.29, 1.82) is 0 Å². The molecule has 1 aliphatic rings. The summed E-state index contributed by atoms with van der Waals surface area (Å²) < 4.78 is 10.9. The smallest absolute Gasteiger partial charge is 0.234 e. The number of aromatic nitrogens is 1. The van der Waals surface area contributed by atoms with E-state index in [2.05, 4.69) is 18.3 Å². The molecule has 2 heterocycles. The Bertz CT molecular complexity index is 1050. The monoisotopic (exact) mass is 394 g/mol. The van der Waals surface area contributed by atoms with Crippen LogP contribution >= 0.6 is 11.8 Å². The third-order valence-corrected chi connectivity index (χ3v) is 5.85. The average molecular weight is 394 g/mol. The number of hydrogen-bond acceptors (Lipinski definition) is 5. The van der Waals surface area contributed by atoms with E-state index < -0.39 is 0 Å². The zero-order valence-corrected chi connectivity index (χ0v) is 17.0. The lowest BCUT2D eigenvalue weighted by molar-refractivity contribution is -0.113. The van der Waals surface area contributed by atoms with E-state index in [4.69, 9.17) is 14.5 Å². The summed E-state index contributed by atoms with van der Waals surface area (Å²) in [4.78, 5) is 17.3. The van der Waals surface area contributed by atoms with Crippen LogP contribution in [0.5, 0.6) is 11.5 Å². The maximum Gasteiger partial charge on any atom is 0.234 e. The number of pyridine rings is 1. The maximum atomic E-state index is 12.5. The number of carbonyl (C=O) groups is 1. The fourth-order valence-electron chi connectivity index (χ4n) is 3.29. The van der Waals surface area contributed by atoms with Gasteiger partial charge >= 0.3 is 0 Å². The molecule has 0 unspecified atom stereocenters. The minimum atomic E-state index is -0.0305. The summed E-state index contributed by atoms with van der Waals surface area (Å²) in [6.45, 7) is 6.34. The van der Waals surface area contributed by atoms with Crippen LogP contribution in [0.1, 0.15) is 23.6 Å². The standard InChI is InChI=1S/C22H22N2O3S/c1-4-15-8-16-9-18-19(27-12-26-18)10-17(16)23-22(15)28-11-20(25)24-21-13(2)6-5-7-14(21)3/h5-10H,4,11-12H2,1-3H3,(H,24,25). The molecular weight excluding hydrogens is 372 g/mol. The van der Waals surface area contributed by atoms with Crippen LogP contribution in [0.3, 0.4) is 0 Å². The van der Waals surface area contributed by atoms with Crippen molar-refractivity contribution in [1.82, 2.24) is 4.98 Å². The normalized spacial score (nSPS) is 12.4. The first-order valence-electron chi connectivity index (χ1n) is 9.27. The molecule has 1 N–H and O–H groups in total. The first-order chi connectivity index (χ1) is 13.5. The number of fused-ring (bicyclic) bond motifs is 2. The molecule has 5 nitrogen and oxygen atoms in total. The number of nitrogens with zero attached hydrogens (tertiary/aromatic N) is 1. The molecule has 3 aromatic rings. The maximum absolute atomic E-state index is 12.5. The summed E-state index contributed by atoms with van der Waals surface area (Å²) in [7, 11) is 0. The van der Waals surface area contributed by atoms with Crippen LogP contribution in [0.2, 0.25) is 0 Å². The summed E-state index contributed by atoms with van der Waals surface area (Å²) in [5, 5.41) is 4.93. The zero-order valence-electron chi connectivity index (χ0n) is 16.2. The van der Waals surface area contributed by atoms with Crippen molar-refractivity contribution in [3.63, 3.8) is 0 Å². The van der Waals surface area contributed by atoms with Gasteiger partial charge in [0.1, 0.15) is 5.03 Å². The number of amides is 1. The lowest BCUT2D eigenvalue weighted by Crippen LogP contribution is -2.16. The highest BCUT2D eigenvalue weighted by atomic mass is 32.2. The summed E-state index contributed by atoms with van der Waals surface area (Å²) in [5.74, 6) is 1.75. The topological polar surface area (TPSA) is 60.5 Å². The fraction of sp³-hybridized carbons (Fsp3) is 0.273. The van der Waals surface area contributed by atoms with Gasteiger partial charge in [-0.3, -0.25) is 4.79 Å². The van der Waals surface area contributed by atoms with E-state index in [1.165, 1.54) is 11.8 Å². The van der Waals surface area contributed by atoms with E-state index in [-0.39, 0.29) is 12.7 Å². The van der Waals surface area contributed by atoms with Gasteiger partial charge in [-0.1, -0.05) is 36.9 Å². The molecule has 6 heteroatoms. The predicted octanol–water partition coefficient (Wildman–Crippen LogP) is 4.87. The number of anilines is 1. The van der Waals surface area contributed by atoms with Crippen molar-refractivity contribution in [2.75, 3.05) is 17.9 Å². The third kappa shape index (κ3) is 3.64. The molecule has 0 bridgehead atoms. The van der Waals surface area contributed by atoms with E-state index in [1.807, 2.05) is 44.2 Å². The van der Waals surface area contributed by atoms with Gasteiger partial charge in [0.05, 0.1) is 11.3 Å². The van der Waals surface area contributed by atoms with Crippen LogP contribution in [0.25, 0.3) is 10.9 Å². The van der Waals surface area contributed by atoms with Gasteiger partial charge in [0.25, 0.3) is 0 Å². The van der Waals surface area contributed by atoms with Crippen LogP contribution in [0.4, 0.5) is 5.69 Å². The Hall–Kier alpha value is -2.73. The number of thioether (sulfide) groups is 1. The van der Waals surface area contributed by atoms with E-state index in [9.17, 15) is 4.79 Å². The molecule has 28 heavy (non-hydrogen) atoms. The van der Waals surface area contributed by atoms with Crippen LogP contribution in [0.15, 0.2) is 41.4 Å². The molecule has 0 aliphatic carbocycles. The number of aryl methyl sites for hydroxylation is 3. The Balaban J connectivity index is 1.54. The number of rotatable bonds is 5. The number of ether oxygens (including phenoxy) is 2. The van der Waals surface area contributed by atoms with Crippen molar-refractivity contribution in [3.05, 3.63) is 53.1 Å². The molecular formula is C22H22N2O3S. The summed E-state index contributed by atoms with van der Waals surface area (Å²) in [6.07, 6.45) is 0.845. The van der Waals surface area contributed by atoms with Crippen LogP contribution in [0, 0.1) is 13.8 Å². The number of nitrogens with one attached hydrogen (secondary N) is 1. The van der Waals surface area contributed by atoms with Gasteiger partial charge in [-0.25, -0.2) is 4.98 Å². The molecule has 0 atom stereocenters. The highest BCUT2D eigenvalue weighted by Gasteiger charge is 2.17. The van der Waals surface area contributed by atoms with Gasteiger partial charge in [0, 0.05) is 17.1 Å². The van der Waals surface area contributed by atoms with Crippen molar-refractivity contribution in [2.24, 2.45) is 0 Å². The molecule has 4 rings (SSSR count). The van der Waals surface area contributed by atoms with E-state index in [0.717, 1.165) is 50.5 Å². The van der Waals surface area contributed by atoms with Crippen LogP contribution < -0.4 is 14.8 Å². The van der Waals surface area contributed by atoms with Crippen molar-refractivity contribution >= 4 is 34.3 Å². The summed E-state index contributed by atoms with van der Waals surface area (Å²) in [5.41, 5.74) is 4.98. The molecule has 0 spiro atoms. The average Bonchev–Trinajstić information content (AvgIpc) is 3.14. The van der Waals surface area contributed by atoms with Gasteiger partial charge in [-0.15, -0.1) is 0 Å². The zero-order chi connectivity index (χ0) is 19.7. The van der Waals surface area contributed by atoms with Gasteiger partial charge in [-0.05, 0) is 49.1 Å². The van der Waals surface area contributed by atoms with E-state index >= 15 is 0 Å². The SMILES string of the molecule is CCc1cc2cc3c(cc2nc1SCC(=O)Nc1c(C)cccc1C)OCO3. The molecule has 144 valence electrons. The number of hydrogen-bond donors (Lipinski definition) is 1. The van der Waals surface area contributed by atoms with Gasteiger partial charge in [-0.2, -0.15) is 0 Å². The largest absolute Gasteiger partial charge is 0.454 e. The Morgan fingerprint density at radius 3 is 2.57 bits per heavy atom. The van der Waals surface area contributed by atoms with Gasteiger partial charge in [0.2, 0.25) is 12.7 Å². The van der Waals surface area contributed by atoms with E-state index in [0.29, 0.717) is 11.5 Å². The molecule has 0 fully saturated rings. The Morgan fingerprint density at radius 1 is 1.14 bits per heavy atom. The second-order valence-electron chi connectivity index (χ2n) is 6.81. The predicted molar refractivity (Wildman–Crippen MR) is 113 cm³/mol. The van der Waals surface area contributed by atoms with Gasteiger partial charge < -0.3 is 14.8 Å². The summed E-state index contributed by atoms with van der Waals surface area (Å²) >= 11 is 1.46. The second kappa shape index (κ2) is 7.72. The lowest BCUT2D eigenvalue weighted by atomic mass is 10.1. The molecule has 2 aromatic carbocycles. The Labute approximate surface area is 168 Å². The van der Waals surface area contributed by atoms with Crippen molar-refractivity contribution in [3.8, 4) is 11.5 Å².